The number of aryl methyl sites for hydroxylation is 2. The van der Waals surface area contributed by atoms with Crippen LogP contribution in [-0.2, 0) is 14.1 Å². The van der Waals surface area contributed by atoms with Crippen molar-refractivity contribution in [1.82, 2.24) is 14.3 Å². The van der Waals surface area contributed by atoms with Gasteiger partial charge in [0.15, 0.2) is 0 Å². The molecule has 0 radical (unpaired) electrons. The number of hydrogen-bond donors (Lipinski definition) is 1. The molecule has 0 atom stereocenters. The topological polar surface area (TPSA) is 58.0 Å². The van der Waals surface area contributed by atoms with Gasteiger partial charge >= 0.3 is 0 Å². The van der Waals surface area contributed by atoms with E-state index < -0.39 is 0 Å². The lowest BCUT2D eigenvalue weighted by molar-refractivity contribution is 0.415. The number of ether oxygens (including phenoxy) is 1. The third-order valence-corrected chi connectivity index (χ3v) is 3.46. The summed E-state index contributed by atoms with van der Waals surface area (Å²) in [4.78, 5) is 0. The Morgan fingerprint density at radius 3 is 2.63 bits per heavy atom. The number of nitrogen functional groups attached to an aromatic ring is 1. The van der Waals surface area contributed by atoms with Crippen LogP contribution in [0.4, 0.5) is 5.69 Å². The van der Waals surface area contributed by atoms with Gasteiger partial charge in [0.1, 0.15) is 11.4 Å². The lowest BCUT2D eigenvalue weighted by Gasteiger charge is -2.06. The van der Waals surface area contributed by atoms with Crippen molar-refractivity contribution < 1.29 is 4.74 Å². The summed E-state index contributed by atoms with van der Waals surface area (Å²) >= 11 is 0. The molecule has 0 spiro atoms. The second-order valence-electron chi connectivity index (χ2n) is 4.59. The third kappa shape index (κ3) is 1.66. The van der Waals surface area contributed by atoms with Crippen molar-refractivity contribution in [3.8, 4) is 17.1 Å². The van der Waals surface area contributed by atoms with Gasteiger partial charge < -0.3 is 15.0 Å². The summed E-state index contributed by atoms with van der Waals surface area (Å²) in [7, 11) is 5.58. The number of rotatable bonds is 2. The van der Waals surface area contributed by atoms with Crippen molar-refractivity contribution in [3.05, 3.63) is 30.5 Å². The predicted octanol–water partition coefficient (Wildman–Crippen LogP) is 2.17. The van der Waals surface area contributed by atoms with Crippen molar-refractivity contribution in [2.24, 2.45) is 14.1 Å². The zero-order valence-electron chi connectivity index (χ0n) is 11.2. The van der Waals surface area contributed by atoms with Gasteiger partial charge in [-0.2, -0.15) is 5.10 Å². The maximum Gasteiger partial charge on any atom is 0.120 e. The zero-order valence-corrected chi connectivity index (χ0v) is 11.2. The second kappa shape index (κ2) is 4.05. The molecule has 0 aliphatic heterocycles. The highest BCUT2D eigenvalue weighted by molar-refractivity contribution is 5.89. The van der Waals surface area contributed by atoms with Gasteiger partial charge in [-0.25, -0.2) is 0 Å². The van der Waals surface area contributed by atoms with E-state index in [0.29, 0.717) is 5.69 Å². The Kier molecular flexibility index (Phi) is 2.48. The summed E-state index contributed by atoms with van der Waals surface area (Å²) in [5.74, 6) is 0.846. The Bertz CT molecular complexity index is 735. The number of nitrogens with zero attached hydrogens (tertiary/aromatic N) is 3. The first kappa shape index (κ1) is 11.6. The largest absolute Gasteiger partial charge is 0.497 e. The van der Waals surface area contributed by atoms with Crippen molar-refractivity contribution in [3.63, 3.8) is 0 Å². The molecule has 98 valence electrons. The van der Waals surface area contributed by atoms with Crippen molar-refractivity contribution >= 4 is 16.6 Å². The molecule has 3 aromatic rings. The van der Waals surface area contributed by atoms with E-state index in [9.17, 15) is 0 Å². The molecule has 19 heavy (non-hydrogen) atoms. The van der Waals surface area contributed by atoms with E-state index in [2.05, 4.69) is 15.7 Å². The highest BCUT2D eigenvalue weighted by Crippen LogP contribution is 2.31. The number of aromatic nitrogens is 3. The zero-order chi connectivity index (χ0) is 13.6. The van der Waals surface area contributed by atoms with E-state index in [1.165, 1.54) is 0 Å². The Labute approximate surface area is 111 Å². The van der Waals surface area contributed by atoms with Crippen LogP contribution in [0.3, 0.4) is 0 Å². The standard InChI is InChI=1S/C14H16N4O/c1-17-12-7-10(19-3)5-4-9(12)6-13(17)14-11(15)8-16-18(14)2/h4-8H,15H2,1-3H3. The molecule has 0 unspecified atom stereocenters. The van der Waals surface area contributed by atoms with Gasteiger partial charge in [0, 0.05) is 25.5 Å². The van der Waals surface area contributed by atoms with Crippen molar-refractivity contribution in [2.75, 3.05) is 12.8 Å². The van der Waals surface area contributed by atoms with E-state index in [1.807, 2.05) is 32.3 Å². The fraction of sp³-hybridized carbons (Fsp3) is 0.214. The molecule has 2 aromatic heterocycles. The normalized spacial score (nSPS) is 11.1. The minimum Gasteiger partial charge on any atom is -0.497 e. The van der Waals surface area contributed by atoms with Crippen LogP contribution in [0.5, 0.6) is 5.75 Å². The summed E-state index contributed by atoms with van der Waals surface area (Å²) in [6.07, 6.45) is 1.67. The van der Waals surface area contributed by atoms with E-state index >= 15 is 0 Å². The number of hydrogen-bond acceptors (Lipinski definition) is 3. The quantitative estimate of drug-likeness (QED) is 0.764. The van der Waals surface area contributed by atoms with Crippen LogP contribution >= 0.6 is 0 Å². The molecule has 0 saturated carbocycles. The van der Waals surface area contributed by atoms with E-state index in [4.69, 9.17) is 10.5 Å². The van der Waals surface area contributed by atoms with Crippen LogP contribution in [0, 0.1) is 0 Å². The van der Waals surface area contributed by atoms with Gasteiger partial charge in [-0.05, 0) is 18.2 Å². The summed E-state index contributed by atoms with van der Waals surface area (Å²) < 4.78 is 9.16. The molecule has 2 heterocycles. The molecular weight excluding hydrogens is 240 g/mol. The average Bonchev–Trinajstić information content (AvgIpc) is 2.90. The lowest BCUT2D eigenvalue weighted by atomic mass is 10.2. The van der Waals surface area contributed by atoms with Crippen LogP contribution in [0.2, 0.25) is 0 Å². The van der Waals surface area contributed by atoms with Crippen LogP contribution in [0.1, 0.15) is 0 Å². The summed E-state index contributed by atoms with van der Waals surface area (Å²) in [5.41, 5.74) is 9.76. The number of nitrogens with two attached hydrogens (primary N) is 1. The first-order valence-electron chi connectivity index (χ1n) is 6.03. The van der Waals surface area contributed by atoms with Gasteiger partial charge in [-0.15, -0.1) is 0 Å². The molecule has 2 N–H and O–H groups in total. The SMILES string of the molecule is COc1ccc2cc(-c3c(N)cnn3C)n(C)c2c1. The van der Waals surface area contributed by atoms with Crippen LogP contribution in [0.25, 0.3) is 22.3 Å². The Balaban J connectivity index is 2.29. The minimum absolute atomic E-state index is 0.681. The molecule has 0 aliphatic rings. The van der Waals surface area contributed by atoms with Crippen LogP contribution < -0.4 is 10.5 Å². The first-order valence-corrected chi connectivity index (χ1v) is 6.03. The second-order valence-corrected chi connectivity index (χ2v) is 4.59. The number of benzene rings is 1. The maximum atomic E-state index is 6.00. The van der Waals surface area contributed by atoms with Crippen molar-refractivity contribution in [1.29, 1.82) is 0 Å². The maximum absolute atomic E-state index is 6.00. The van der Waals surface area contributed by atoms with Crippen LogP contribution in [-0.4, -0.2) is 21.5 Å². The number of methoxy groups -OCH3 is 1. The highest BCUT2D eigenvalue weighted by atomic mass is 16.5. The third-order valence-electron chi connectivity index (χ3n) is 3.46. The monoisotopic (exact) mass is 256 g/mol. The van der Waals surface area contributed by atoms with Gasteiger partial charge in [-0.1, -0.05) is 0 Å². The number of fused-ring (bicyclic) bond motifs is 1. The fourth-order valence-electron chi connectivity index (χ4n) is 2.43. The summed E-state index contributed by atoms with van der Waals surface area (Å²) in [6, 6.07) is 8.14. The Morgan fingerprint density at radius 1 is 1.21 bits per heavy atom. The molecule has 0 aliphatic carbocycles. The molecule has 0 bridgehead atoms. The Hall–Kier alpha value is -2.43. The van der Waals surface area contributed by atoms with E-state index in [1.54, 1.807) is 18.0 Å². The van der Waals surface area contributed by atoms with Crippen molar-refractivity contribution in [2.45, 2.75) is 0 Å². The highest BCUT2D eigenvalue weighted by Gasteiger charge is 2.14. The molecule has 5 nitrogen and oxygen atoms in total. The molecule has 3 rings (SSSR count). The predicted molar refractivity (Wildman–Crippen MR) is 76.1 cm³/mol. The Morgan fingerprint density at radius 2 is 2.00 bits per heavy atom. The van der Waals surface area contributed by atoms with E-state index in [-0.39, 0.29) is 0 Å². The lowest BCUT2D eigenvalue weighted by Crippen LogP contribution is -2.00. The molecule has 1 aromatic carbocycles. The molecule has 5 heteroatoms. The molecule has 0 amide bonds. The summed E-state index contributed by atoms with van der Waals surface area (Å²) in [5, 5.41) is 5.34. The van der Waals surface area contributed by atoms with Gasteiger partial charge in [0.25, 0.3) is 0 Å². The number of anilines is 1. The first-order chi connectivity index (χ1) is 9.11. The molecule has 0 fully saturated rings. The smallest absolute Gasteiger partial charge is 0.120 e. The summed E-state index contributed by atoms with van der Waals surface area (Å²) in [6.45, 7) is 0. The van der Waals surface area contributed by atoms with Gasteiger partial charge in [0.05, 0.1) is 30.2 Å². The van der Waals surface area contributed by atoms with Gasteiger partial charge in [-0.3, -0.25) is 4.68 Å². The van der Waals surface area contributed by atoms with E-state index in [0.717, 1.165) is 28.0 Å². The molecule has 0 saturated heterocycles. The fourth-order valence-corrected chi connectivity index (χ4v) is 2.43. The average molecular weight is 256 g/mol. The van der Waals surface area contributed by atoms with Crippen LogP contribution in [0.15, 0.2) is 30.5 Å². The molecular formula is C14H16N4O. The minimum atomic E-state index is 0.681. The van der Waals surface area contributed by atoms with Gasteiger partial charge in [0.2, 0.25) is 0 Å².